The molecule has 0 aliphatic rings. The Morgan fingerprint density at radius 3 is 2.53 bits per heavy atom. The normalized spacial score (nSPS) is 12.5. The highest BCUT2D eigenvalue weighted by Crippen LogP contribution is 2.31. The Kier molecular flexibility index (Phi) is 5.95. The fourth-order valence-corrected chi connectivity index (χ4v) is 3.53. The molecule has 7 nitrogen and oxygen atoms in total. The smallest absolute Gasteiger partial charge is 0.419 e. The number of sulfonamides is 1. The Balaban J connectivity index is 2.13. The summed E-state index contributed by atoms with van der Waals surface area (Å²) in [7, 11) is -1.83. The molecule has 0 atom stereocenters. The molecule has 0 fully saturated rings. The Morgan fingerprint density at radius 2 is 1.90 bits per heavy atom. The lowest BCUT2D eigenvalue weighted by molar-refractivity contribution is 0.0547. The third kappa shape index (κ3) is 5.00. The molecule has 2 heterocycles. The summed E-state index contributed by atoms with van der Waals surface area (Å²) in [6, 6.07) is 8.96. The molecular weight excluding hydrogens is 426 g/mol. The van der Waals surface area contributed by atoms with Crippen LogP contribution in [-0.4, -0.2) is 47.3 Å². The van der Waals surface area contributed by atoms with Crippen molar-refractivity contribution in [3.63, 3.8) is 0 Å². The van der Waals surface area contributed by atoms with Crippen LogP contribution in [0.2, 0.25) is 5.02 Å². The second-order valence-electron chi connectivity index (χ2n) is 8.15. The maximum absolute atomic E-state index is 13.0. The summed E-state index contributed by atoms with van der Waals surface area (Å²) in [6.07, 6.45) is 3.84. The van der Waals surface area contributed by atoms with E-state index in [0.717, 1.165) is 11.6 Å². The molecule has 9 heteroatoms. The van der Waals surface area contributed by atoms with E-state index >= 15 is 0 Å². The first-order chi connectivity index (χ1) is 13.8. The summed E-state index contributed by atoms with van der Waals surface area (Å²) in [5.74, 6) is 0. The molecule has 30 heavy (non-hydrogen) atoms. The lowest BCUT2D eigenvalue weighted by Gasteiger charge is -2.21. The number of carbonyl (C=O) groups excluding carboxylic acids is 1. The van der Waals surface area contributed by atoms with Gasteiger partial charge in [-0.25, -0.2) is 22.1 Å². The number of nitrogens with zero attached hydrogens (tertiary/aromatic N) is 3. The summed E-state index contributed by atoms with van der Waals surface area (Å²) in [5, 5.41) is 1.32. The van der Waals surface area contributed by atoms with E-state index < -0.39 is 21.7 Å². The fraction of sp³-hybridized carbons (Fsp3) is 0.333. The summed E-state index contributed by atoms with van der Waals surface area (Å²) in [6.45, 7) is 5.56. The largest absolute Gasteiger partial charge is 0.443 e. The van der Waals surface area contributed by atoms with Gasteiger partial charge in [0.25, 0.3) is 0 Å². The van der Waals surface area contributed by atoms with Gasteiger partial charge in [0.2, 0.25) is 10.0 Å². The Hall–Kier alpha value is -2.42. The van der Waals surface area contributed by atoms with Crippen LogP contribution in [0.4, 0.5) is 4.79 Å². The summed E-state index contributed by atoms with van der Waals surface area (Å²) >= 11 is 6.17. The standard InChI is InChI=1S/C21H24ClN3O4S/c1-21(2,3)29-20(26)25-18(9-15-6-7-17(22)10-19(15)25)16-8-14(11-23-12-16)13-24(4)30(5,27)28/h6-12H,13H2,1-5H3. The molecule has 0 aliphatic heterocycles. The van der Waals surface area contributed by atoms with E-state index in [9.17, 15) is 13.2 Å². The van der Waals surface area contributed by atoms with Gasteiger partial charge in [-0.1, -0.05) is 17.7 Å². The highest BCUT2D eigenvalue weighted by atomic mass is 35.5. The van der Waals surface area contributed by atoms with Crippen LogP contribution >= 0.6 is 11.6 Å². The van der Waals surface area contributed by atoms with Gasteiger partial charge in [-0.15, -0.1) is 0 Å². The van der Waals surface area contributed by atoms with E-state index in [0.29, 0.717) is 27.4 Å². The Labute approximate surface area is 181 Å². The zero-order valence-corrected chi connectivity index (χ0v) is 19.1. The van der Waals surface area contributed by atoms with Crippen LogP contribution < -0.4 is 0 Å². The molecule has 0 aliphatic carbocycles. The Morgan fingerprint density at radius 1 is 1.20 bits per heavy atom. The van der Waals surface area contributed by atoms with E-state index in [1.807, 2.05) is 18.2 Å². The fourth-order valence-electron chi connectivity index (χ4n) is 2.98. The van der Waals surface area contributed by atoms with Gasteiger partial charge in [0.15, 0.2) is 0 Å². The third-order valence-electron chi connectivity index (χ3n) is 4.40. The molecule has 3 aromatic rings. The van der Waals surface area contributed by atoms with Crippen molar-refractivity contribution >= 4 is 38.6 Å². The first-order valence-corrected chi connectivity index (χ1v) is 11.5. The van der Waals surface area contributed by atoms with Crippen molar-refractivity contribution < 1.29 is 17.9 Å². The molecule has 0 spiro atoms. The van der Waals surface area contributed by atoms with Crippen LogP contribution in [0.15, 0.2) is 42.7 Å². The molecule has 0 bridgehead atoms. The van der Waals surface area contributed by atoms with Crippen molar-refractivity contribution in [2.24, 2.45) is 0 Å². The lowest BCUT2D eigenvalue weighted by Crippen LogP contribution is -2.27. The van der Waals surface area contributed by atoms with Crippen LogP contribution in [-0.2, 0) is 21.3 Å². The topological polar surface area (TPSA) is 81.5 Å². The molecule has 0 N–H and O–H groups in total. The number of fused-ring (bicyclic) bond motifs is 1. The summed E-state index contributed by atoms with van der Waals surface area (Å²) in [5.41, 5.74) is 1.87. The first-order valence-electron chi connectivity index (χ1n) is 9.25. The molecule has 1 aromatic carbocycles. The first kappa shape index (κ1) is 22.3. The van der Waals surface area contributed by atoms with Crippen LogP contribution in [0.25, 0.3) is 22.2 Å². The molecular formula is C21H24ClN3O4S. The zero-order chi connectivity index (χ0) is 22.3. The number of aromatic nitrogens is 2. The van der Waals surface area contributed by atoms with Gasteiger partial charge in [0.05, 0.1) is 17.5 Å². The van der Waals surface area contributed by atoms with Gasteiger partial charge in [-0.3, -0.25) is 4.98 Å². The van der Waals surface area contributed by atoms with Gasteiger partial charge in [-0.2, -0.15) is 0 Å². The minimum absolute atomic E-state index is 0.165. The van der Waals surface area contributed by atoms with Crippen LogP contribution in [0.5, 0.6) is 0 Å². The number of halogens is 1. The molecule has 2 aromatic heterocycles. The number of carbonyl (C=O) groups is 1. The molecule has 160 valence electrons. The second kappa shape index (κ2) is 8.02. The summed E-state index contributed by atoms with van der Waals surface area (Å²) in [4.78, 5) is 17.3. The number of benzene rings is 1. The number of pyridine rings is 1. The third-order valence-corrected chi connectivity index (χ3v) is 5.90. The average Bonchev–Trinajstić information content (AvgIpc) is 2.98. The van der Waals surface area contributed by atoms with Crippen molar-refractivity contribution in [3.8, 4) is 11.3 Å². The number of rotatable bonds is 4. The monoisotopic (exact) mass is 449 g/mol. The quantitative estimate of drug-likeness (QED) is 0.584. The highest BCUT2D eigenvalue weighted by molar-refractivity contribution is 7.88. The molecule has 0 saturated heterocycles. The van der Waals surface area contributed by atoms with E-state index in [4.69, 9.17) is 16.3 Å². The van der Waals surface area contributed by atoms with E-state index in [2.05, 4.69) is 4.98 Å². The van der Waals surface area contributed by atoms with Crippen LogP contribution in [0.3, 0.4) is 0 Å². The van der Waals surface area contributed by atoms with E-state index in [-0.39, 0.29) is 6.54 Å². The second-order valence-corrected chi connectivity index (χ2v) is 10.7. The van der Waals surface area contributed by atoms with Crippen molar-refractivity contribution in [1.29, 1.82) is 0 Å². The Bertz CT molecular complexity index is 1210. The highest BCUT2D eigenvalue weighted by Gasteiger charge is 2.23. The number of hydrogen-bond acceptors (Lipinski definition) is 5. The van der Waals surface area contributed by atoms with Gasteiger partial charge in [0.1, 0.15) is 5.60 Å². The molecule has 0 unspecified atom stereocenters. The molecule has 3 rings (SSSR count). The molecule has 0 saturated carbocycles. The SMILES string of the molecule is CN(Cc1cncc(-c2cc3ccc(Cl)cc3n2C(=O)OC(C)(C)C)c1)S(C)(=O)=O. The van der Waals surface area contributed by atoms with Crippen LogP contribution in [0, 0.1) is 0 Å². The van der Waals surface area contributed by atoms with E-state index in [1.165, 1.54) is 15.9 Å². The van der Waals surface area contributed by atoms with Gasteiger partial charge < -0.3 is 4.74 Å². The molecule has 0 radical (unpaired) electrons. The van der Waals surface area contributed by atoms with Gasteiger partial charge in [-0.05, 0) is 50.6 Å². The minimum Gasteiger partial charge on any atom is -0.443 e. The van der Waals surface area contributed by atoms with Crippen molar-refractivity contribution in [1.82, 2.24) is 13.9 Å². The van der Waals surface area contributed by atoms with E-state index in [1.54, 1.807) is 45.3 Å². The number of hydrogen-bond donors (Lipinski definition) is 0. The predicted octanol–water partition coefficient (Wildman–Crippen LogP) is 4.53. The minimum atomic E-state index is -3.33. The average molecular weight is 450 g/mol. The van der Waals surface area contributed by atoms with Gasteiger partial charge >= 0.3 is 6.09 Å². The zero-order valence-electron chi connectivity index (χ0n) is 17.5. The van der Waals surface area contributed by atoms with Crippen molar-refractivity contribution in [3.05, 3.63) is 53.3 Å². The lowest BCUT2D eigenvalue weighted by atomic mass is 10.1. The van der Waals surface area contributed by atoms with Crippen molar-refractivity contribution in [2.75, 3.05) is 13.3 Å². The van der Waals surface area contributed by atoms with Crippen LogP contribution in [0.1, 0.15) is 26.3 Å². The predicted molar refractivity (Wildman–Crippen MR) is 118 cm³/mol. The maximum Gasteiger partial charge on any atom is 0.419 e. The maximum atomic E-state index is 13.0. The van der Waals surface area contributed by atoms with Gasteiger partial charge in [0, 0.05) is 42.0 Å². The summed E-state index contributed by atoms with van der Waals surface area (Å²) < 4.78 is 31.8. The van der Waals surface area contributed by atoms with Crippen molar-refractivity contribution in [2.45, 2.75) is 32.9 Å². The number of ether oxygens (including phenoxy) is 1. The molecule has 0 amide bonds.